The minimum absolute atomic E-state index is 0.186. The molecule has 0 aliphatic carbocycles. The molecule has 0 radical (unpaired) electrons. The molecule has 0 saturated carbocycles. The Morgan fingerprint density at radius 3 is 2.69 bits per heavy atom. The highest BCUT2D eigenvalue weighted by Gasteiger charge is 2.05. The van der Waals surface area contributed by atoms with Crippen LogP contribution < -0.4 is 0 Å². The van der Waals surface area contributed by atoms with Gasteiger partial charge in [0.15, 0.2) is 0 Å². The van der Waals surface area contributed by atoms with Crippen LogP contribution >= 0.6 is 0 Å². The third-order valence-corrected chi connectivity index (χ3v) is 2.28. The third-order valence-electron chi connectivity index (χ3n) is 2.28. The lowest BCUT2D eigenvalue weighted by molar-refractivity contribution is -0.139. The van der Waals surface area contributed by atoms with Crippen LogP contribution in [0.4, 0.5) is 0 Å². The molecule has 0 fully saturated rings. The average Bonchev–Trinajstić information content (AvgIpc) is 2.13. The number of rotatable bonds is 2. The van der Waals surface area contributed by atoms with Crippen LogP contribution in [0.5, 0.6) is 0 Å². The monoisotopic (exact) mass is 178 g/mol. The molecule has 0 aromatic heterocycles. The van der Waals surface area contributed by atoms with Crippen LogP contribution in [0, 0.1) is 13.8 Å². The van der Waals surface area contributed by atoms with E-state index < -0.39 is 0 Å². The maximum Gasteiger partial charge on any atom is 0.309 e. The highest BCUT2D eigenvalue weighted by atomic mass is 16.5. The summed E-state index contributed by atoms with van der Waals surface area (Å²) in [5.41, 5.74) is 3.43. The maximum atomic E-state index is 11.0. The first-order valence-electron chi connectivity index (χ1n) is 4.27. The highest BCUT2D eigenvalue weighted by Crippen LogP contribution is 2.13. The number of hydrogen-bond acceptors (Lipinski definition) is 2. The van der Waals surface area contributed by atoms with E-state index in [0.29, 0.717) is 6.42 Å². The van der Waals surface area contributed by atoms with Crippen molar-refractivity contribution in [2.75, 3.05) is 7.11 Å². The van der Waals surface area contributed by atoms with E-state index in [1.807, 2.05) is 32.0 Å². The van der Waals surface area contributed by atoms with Crippen LogP contribution in [0.1, 0.15) is 16.7 Å². The van der Waals surface area contributed by atoms with Gasteiger partial charge in [-0.15, -0.1) is 0 Å². The Bertz CT molecular complexity index is 316. The van der Waals surface area contributed by atoms with Gasteiger partial charge in [0, 0.05) is 0 Å². The molecule has 0 unspecified atom stereocenters. The highest BCUT2D eigenvalue weighted by molar-refractivity contribution is 5.73. The van der Waals surface area contributed by atoms with Crippen molar-refractivity contribution >= 4 is 5.97 Å². The molecule has 0 atom stereocenters. The molecule has 0 N–H and O–H groups in total. The molecule has 70 valence electrons. The molecule has 1 aromatic carbocycles. The molecule has 13 heavy (non-hydrogen) atoms. The zero-order chi connectivity index (χ0) is 9.84. The molecule has 0 aliphatic heterocycles. The van der Waals surface area contributed by atoms with Gasteiger partial charge in [0.1, 0.15) is 0 Å². The smallest absolute Gasteiger partial charge is 0.309 e. The second-order valence-electron chi connectivity index (χ2n) is 3.11. The lowest BCUT2D eigenvalue weighted by Gasteiger charge is -2.06. The molecule has 1 aromatic rings. The number of aryl methyl sites for hydroxylation is 1. The van der Waals surface area contributed by atoms with E-state index in [9.17, 15) is 4.79 Å². The van der Waals surface area contributed by atoms with E-state index in [1.54, 1.807) is 0 Å². The van der Waals surface area contributed by atoms with Crippen molar-refractivity contribution in [3.8, 4) is 0 Å². The molecular formula is C11H14O2. The van der Waals surface area contributed by atoms with Crippen LogP contribution in [0.3, 0.4) is 0 Å². The SMILES string of the molecule is COC(=O)Cc1cccc(C)c1C. The number of methoxy groups -OCH3 is 1. The first-order chi connectivity index (χ1) is 6.15. The van der Waals surface area contributed by atoms with Crippen molar-refractivity contribution in [2.45, 2.75) is 20.3 Å². The van der Waals surface area contributed by atoms with Gasteiger partial charge >= 0.3 is 5.97 Å². The zero-order valence-corrected chi connectivity index (χ0v) is 8.26. The molecule has 1 rings (SSSR count). The van der Waals surface area contributed by atoms with Crippen molar-refractivity contribution in [3.05, 3.63) is 34.9 Å². The second kappa shape index (κ2) is 4.08. The molecule has 0 aliphatic rings. The molecule has 0 amide bonds. The molecule has 0 spiro atoms. The molecule has 0 bridgehead atoms. The fourth-order valence-electron chi connectivity index (χ4n) is 1.23. The van der Waals surface area contributed by atoms with Gasteiger partial charge in [0.25, 0.3) is 0 Å². The zero-order valence-electron chi connectivity index (χ0n) is 8.26. The normalized spacial score (nSPS) is 9.77. The van der Waals surface area contributed by atoms with Gasteiger partial charge in [-0.2, -0.15) is 0 Å². The summed E-state index contributed by atoms with van der Waals surface area (Å²) in [5, 5.41) is 0. The predicted molar refractivity (Wildman–Crippen MR) is 51.6 cm³/mol. The Hall–Kier alpha value is -1.31. The van der Waals surface area contributed by atoms with E-state index >= 15 is 0 Å². The summed E-state index contributed by atoms with van der Waals surface area (Å²) in [7, 11) is 1.41. The largest absolute Gasteiger partial charge is 0.469 e. The van der Waals surface area contributed by atoms with E-state index in [4.69, 9.17) is 0 Å². The van der Waals surface area contributed by atoms with Gasteiger partial charge < -0.3 is 4.74 Å². The quantitative estimate of drug-likeness (QED) is 0.647. The summed E-state index contributed by atoms with van der Waals surface area (Å²) >= 11 is 0. The summed E-state index contributed by atoms with van der Waals surface area (Å²) in [6, 6.07) is 5.95. The van der Waals surface area contributed by atoms with Crippen molar-refractivity contribution in [2.24, 2.45) is 0 Å². The van der Waals surface area contributed by atoms with Gasteiger partial charge in [0.05, 0.1) is 13.5 Å². The number of carbonyl (C=O) groups is 1. The van der Waals surface area contributed by atoms with Gasteiger partial charge in [-0.25, -0.2) is 0 Å². The summed E-state index contributed by atoms with van der Waals surface area (Å²) in [6.45, 7) is 4.06. The van der Waals surface area contributed by atoms with Crippen LogP contribution in [0.2, 0.25) is 0 Å². The standard InChI is InChI=1S/C11H14O2/c1-8-5-4-6-10(9(8)2)7-11(12)13-3/h4-6H,7H2,1-3H3. The Balaban J connectivity index is 2.89. The van der Waals surface area contributed by atoms with Crippen LogP contribution in [-0.2, 0) is 16.0 Å². The number of esters is 1. The number of hydrogen-bond donors (Lipinski definition) is 0. The lowest BCUT2D eigenvalue weighted by atomic mass is 10.0. The maximum absolute atomic E-state index is 11.0. The average molecular weight is 178 g/mol. The first-order valence-corrected chi connectivity index (χ1v) is 4.27. The Labute approximate surface area is 78.5 Å². The molecule has 2 heteroatoms. The summed E-state index contributed by atoms with van der Waals surface area (Å²) in [5.74, 6) is -0.186. The minimum atomic E-state index is -0.186. The third kappa shape index (κ3) is 2.31. The van der Waals surface area contributed by atoms with E-state index in [1.165, 1.54) is 18.2 Å². The fraction of sp³-hybridized carbons (Fsp3) is 0.364. The lowest BCUT2D eigenvalue weighted by Crippen LogP contribution is -2.06. The van der Waals surface area contributed by atoms with Gasteiger partial charge in [-0.05, 0) is 30.5 Å². The molecule has 0 heterocycles. The summed E-state index contributed by atoms with van der Waals surface area (Å²) in [6.07, 6.45) is 0.365. The molecule has 2 nitrogen and oxygen atoms in total. The second-order valence-corrected chi connectivity index (χ2v) is 3.11. The molecular weight excluding hydrogens is 164 g/mol. The van der Waals surface area contributed by atoms with Crippen LogP contribution in [0.25, 0.3) is 0 Å². The Kier molecular flexibility index (Phi) is 3.07. The topological polar surface area (TPSA) is 26.3 Å². The van der Waals surface area contributed by atoms with Gasteiger partial charge in [-0.3, -0.25) is 4.79 Å². The Morgan fingerprint density at radius 2 is 2.08 bits per heavy atom. The minimum Gasteiger partial charge on any atom is -0.469 e. The number of benzene rings is 1. The van der Waals surface area contributed by atoms with Crippen LogP contribution in [0.15, 0.2) is 18.2 Å². The Morgan fingerprint density at radius 1 is 1.38 bits per heavy atom. The van der Waals surface area contributed by atoms with E-state index in [0.717, 1.165) is 5.56 Å². The predicted octanol–water partition coefficient (Wildman–Crippen LogP) is 2.02. The van der Waals surface area contributed by atoms with Gasteiger partial charge in [-0.1, -0.05) is 18.2 Å². The first kappa shape index (κ1) is 9.78. The summed E-state index contributed by atoms with van der Waals surface area (Å²) < 4.78 is 4.61. The molecule has 0 saturated heterocycles. The number of carbonyl (C=O) groups excluding carboxylic acids is 1. The fourth-order valence-corrected chi connectivity index (χ4v) is 1.23. The number of ether oxygens (including phenoxy) is 1. The van der Waals surface area contributed by atoms with Crippen LogP contribution in [-0.4, -0.2) is 13.1 Å². The van der Waals surface area contributed by atoms with Crippen molar-refractivity contribution in [1.29, 1.82) is 0 Å². The van der Waals surface area contributed by atoms with E-state index in [2.05, 4.69) is 4.74 Å². The van der Waals surface area contributed by atoms with Crippen molar-refractivity contribution in [1.82, 2.24) is 0 Å². The van der Waals surface area contributed by atoms with Crippen molar-refractivity contribution < 1.29 is 9.53 Å². The summed E-state index contributed by atoms with van der Waals surface area (Å²) in [4.78, 5) is 11.0. The van der Waals surface area contributed by atoms with Crippen molar-refractivity contribution in [3.63, 3.8) is 0 Å². The van der Waals surface area contributed by atoms with E-state index in [-0.39, 0.29) is 5.97 Å². The van der Waals surface area contributed by atoms with Gasteiger partial charge in [0.2, 0.25) is 0 Å².